The highest BCUT2D eigenvalue weighted by atomic mass is 32.2. The van der Waals surface area contributed by atoms with E-state index in [2.05, 4.69) is 10.6 Å². The Hall–Kier alpha value is -3.69. The van der Waals surface area contributed by atoms with Crippen LogP contribution in [0.5, 0.6) is 0 Å². The molecule has 2 rings (SSSR count). The largest absolute Gasteiger partial charge is 0.466 e. The van der Waals surface area contributed by atoms with Gasteiger partial charge in [-0.15, -0.1) is 0 Å². The Morgan fingerprint density at radius 1 is 0.978 bits per heavy atom. The van der Waals surface area contributed by atoms with Crippen molar-refractivity contribution in [2.45, 2.75) is 101 Å². The third-order valence-corrected chi connectivity index (χ3v) is 7.41. The highest BCUT2D eigenvalue weighted by molar-refractivity contribution is 8.01. The lowest BCUT2D eigenvalue weighted by Crippen LogP contribution is -2.68. The molecule has 1 fully saturated rings. The molecule has 250 valence electrons. The van der Waals surface area contributed by atoms with Gasteiger partial charge in [0.15, 0.2) is 12.2 Å². The van der Waals surface area contributed by atoms with E-state index in [9.17, 15) is 28.8 Å². The number of esters is 4. The fraction of sp³-hybridized carbons (Fsp3) is 0.600. The summed E-state index contributed by atoms with van der Waals surface area (Å²) in [6.45, 7) is 8.85. The average Bonchev–Trinajstić information content (AvgIpc) is 2.92. The van der Waals surface area contributed by atoms with Gasteiger partial charge in [-0.25, -0.2) is 9.59 Å². The first-order chi connectivity index (χ1) is 21.0. The smallest absolute Gasteiger partial charge is 0.349 e. The maximum atomic E-state index is 13.6. The maximum absolute atomic E-state index is 13.6. The van der Waals surface area contributed by atoms with Crippen LogP contribution in [-0.2, 0) is 57.2 Å². The summed E-state index contributed by atoms with van der Waals surface area (Å²) in [5.41, 5.74) is -0.823. The van der Waals surface area contributed by atoms with E-state index in [4.69, 9.17) is 28.4 Å². The van der Waals surface area contributed by atoms with Crippen LogP contribution in [0.25, 0.3) is 0 Å². The van der Waals surface area contributed by atoms with Crippen molar-refractivity contribution in [2.75, 3.05) is 20.3 Å². The molecule has 0 bridgehead atoms. The van der Waals surface area contributed by atoms with Gasteiger partial charge in [-0.05, 0) is 32.9 Å². The Morgan fingerprint density at radius 3 is 2.11 bits per heavy atom. The first kappa shape index (κ1) is 37.5. The molecule has 0 aromatic heterocycles. The van der Waals surface area contributed by atoms with Crippen molar-refractivity contribution in [3.63, 3.8) is 0 Å². The fourth-order valence-corrected chi connectivity index (χ4v) is 5.88. The minimum absolute atomic E-state index is 0.250. The van der Waals surface area contributed by atoms with Crippen LogP contribution in [0.2, 0.25) is 0 Å². The van der Waals surface area contributed by atoms with Gasteiger partial charge in [-0.1, -0.05) is 30.0 Å². The van der Waals surface area contributed by atoms with Gasteiger partial charge in [0.2, 0.25) is 16.7 Å². The van der Waals surface area contributed by atoms with Crippen LogP contribution in [0.4, 0.5) is 0 Å². The topological polar surface area (TPSA) is 182 Å². The molecule has 1 saturated heterocycles. The van der Waals surface area contributed by atoms with E-state index >= 15 is 0 Å². The Morgan fingerprint density at radius 2 is 1.60 bits per heavy atom. The molecule has 1 aliphatic rings. The predicted molar refractivity (Wildman–Crippen MR) is 160 cm³/mol. The molecule has 0 spiro atoms. The van der Waals surface area contributed by atoms with E-state index in [1.807, 2.05) is 0 Å². The molecule has 15 heteroatoms. The minimum Gasteiger partial charge on any atom is -0.466 e. The van der Waals surface area contributed by atoms with Gasteiger partial charge >= 0.3 is 23.9 Å². The molecule has 0 unspecified atom stereocenters. The number of benzene rings is 1. The molecular weight excluding hydrogens is 612 g/mol. The third-order valence-electron chi connectivity index (χ3n) is 6.14. The third kappa shape index (κ3) is 12.0. The summed E-state index contributed by atoms with van der Waals surface area (Å²) in [7, 11) is 1.16. The van der Waals surface area contributed by atoms with Crippen LogP contribution in [0.15, 0.2) is 35.2 Å². The first-order valence-electron chi connectivity index (χ1n) is 14.2. The standard InChI is InChI=1S/C30H42N2O12S/c1-17(33)31-15-23(41-19(3)35)26(42-20(4)36)27-25(32-18(2)34)22(40-16-24(37)43-29(5,6)7)14-30(44-27,28(38)39-8)45-21-12-10-9-11-13-21/h9-13,22-23,25-27H,14-16H2,1-8H3,(H,31,33)(H,32,34)/t22-,23+,25+,26+,27+,30+/m0/s1. The molecule has 14 nitrogen and oxygen atoms in total. The van der Waals surface area contributed by atoms with Crippen LogP contribution in [0.1, 0.15) is 54.9 Å². The second kappa shape index (κ2) is 16.6. The van der Waals surface area contributed by atoms with Gasteiger partial charge in [0.05, 0.1) is 25.8 Å². The van der Waals surface area contributed by atoms with Gasteiger partial charge in [-0.2, -0.15) is 0 Å². The van der Waals surface area contributed by atoms with E-state index in [0.717, 1.165) is 32.7 Å². The monoisotopic (exact) mass is 654 g/mol. The number of amides is 2. The zero-order chi connectivity index (χ0) is 33.9. The number of hydrogen-bond donors (Lipinski definition) is 2. The molecule has 6 atom stereocenters. The Kier molecular flexibility index (Phi) is 13.8. The van der Waals surface area contributed by atoms with Crippen molar-refractivity contribution >= 4 is 47.5 Å². The number of thioether (sulfide) groups is 1. The van der Waals surface area contributed by atoms with Crippen LogP contribution >= 0.6 is 11.8 Å². The number of carbonyl (C=O) groups is 6. The molecule has 1 aliphatic heterocycles. The Bertz CT molecular complexity index is 1220. The molecule has 2 N–H and O–H groups in total. The Labute approximate surface area is 266 Å². The van der Waals surface area contributed by atoms with E-state index in [-0.39, 0.29) is 13.0 Å². The van der Waals surface area contributed by atoms with E-state index in [1.54, 1.807) is 51.1 Å². The average molecular weight is 655 g/mol. The highest BCUT2D eigenvalue weighted by Crippen LogP contribution is 2.45. The summed E-state index contributed by atoms with van der Waals surface area (Å²) in [6.07, 6.45) is -5.71. The van der Waals surface area contributed by atoms with Gasteiger partial charge in [-0.3, -0.25) is 19.2 Å². The summed E-state index contributed by atoms with van der Waals surface area (Å²) < 4.78 is 34.2. The second-order valence-corrected chi connectivity index (χ2v) is 12.6. The normalized spacial score (nSPS) is 22.6. The molecule has 0 aliphatic carbocycles. The molecule has 1 aromatic rings. The van der Waals surface area contributed by atoms with Crippen molar-refractivity contribution in [3.05, 3.63) is 30.3 Å². The van der Waals surface area contributed by atoms with Crippen molar-refractivity contribution in [1.82, 2.24) is 10.6 Å². The summed E-state index contributed by atoms with van der Waals surface area (Å²) in [5.74, 6) is -4.18. The SMILES string of the molecule is COC(=O)[C@]1(Sc2ccccc2)C[C@H](OCC(=O)OC(C)(C)C)[C@@H](NC(C)=O)[C@H]([C@H](OC(C)=O)[C@@H](CNC(C)=O)OC(C)=O)O1. The molecule has 2 amide bonds. The second-order valence-electron chi connectivity index (χ2n) is 11.3. The van der Waals surface area contributed by atoms with Gasteiger partial charge in [0.25, 0.3) is 0 Å². The lowest BCUT2D eigenvalue weighted by molar-refractivity contribution is -0.221. The van der Waals surface area contributed by atoms with Crippen LogP contribution in [0, 0.1) is 0 Å². The number of carbonyl (C=O) groups excluding carboxylic acids is 6. The number of ether oxygens (including phenoxy) is 6. The molecule has 1 heterocycles. The molecule has 1 aromatic carbocycles. The first-order valence-corrected chi connectivity index (χ1v) is 15.0. The molecule has 0 saturated carbocycles. The van der Waals surface area contributed by atoms with Crippen molar-refractivity contribution in [2.24, 2.45) is 0 Å². The zero-order valence-electron chi connectivity index (χ0n) is 26.7. The van der Waals surface area contributed by atoms with Crippen molar-refractivity contribution in [1.29, 1.82) is 0 Å². The van der Waals surface area contributed by atoms with Crippen LogP contribution in [-0.4, -0.2) is 96.9 Å². The summed E-state index contributed by atoms with van der Waals surface area (Å²) in [6, 6.07) is 7.55. The lowest BCUT2D eigenvalue weighted by Gasteiger charge is -2.49. The number of rotatable bonds is 13. The fourth-order valence-electron chi connectivity index (χ4n) is 4.64. The summed E-state index contributed by atoms with van der Waals surface area (Å²) in [5, 5.41) is 5.24. The molecule has 45 heavy (non-hydrogen) atoms. The lowest BCUT2D eigenvalue weighted by atomic mass is 9.89. The number of hydrogen-bond acceptors (Lipinski definition) is 13. The maximum Gasteiger partial charge on any atom is 0.349 e. The van der Waals surface area contributed by atoms with Gasteiger partial charge in [0, 0.05) is 39.0 Å². The zero-order valence-corrected chi connectivity index (χ0v) is 27.5. The van der Waals surface area contributed by atoms with Gasteiger partial charge < -0.3 is 39.1 Å². The quantitative estimate of drug-likeness (QED) is 0.232. The van der Waals surface area contributed by atoms with Crippen molar-refractivity contribution in [3.8, 4) is 0 Å². The van der Waals surface area contributed by atoms with Crippen LogP contribution < -0.4 is 10.6 Å². The predicted octanol–water partition coefficient (Wildman–Crippen LogP) is 1.67. The molecular formula is C30H42N2O12S. The number of methoxy groups -OCH3 is 1. The summed E-state index contributed by atoms with van der Waals surface area (Å²) >= 11 is 0.974. The van der Waals surface area contributed by atoms with Crippen molar-refractivity contribution < 1.29 is 57.2 Å². The minimum atomic E-state index is -1.89. The highest BCUT2D eigenvalue weighted by Gasteiger charge is 2.58. The van der Waals surface area contributed by atoms with E-state index < -0.39 is 83.3 Å². The number of nitrogens with one attached hydrogen (secondary N) is 2. The summed E-state index contributed by atoms with van der Waals surface area (Å²) in [4.78, 5) is 73.9. The Balaban J connectivity index is 2.76. The molecule has 0 radical (unpaired) electrons. The van der Waals surface area contributed by atoms with E-state index in [1.165, 1.54) is 13.8 Å². The van der Waals surface area contributed by atoms with Gasteiger partial charge in [0.1, 0.15) is 18.3 Å². The van der Waals surface area contributed by atoms with E-state index in [0.29, 0.717) is 4.90 Å². The van der Waals surface area contributed by atoms with Crippen LogP contribution in [0.3, 0.4) is 0 Å².